The smallest absolute Gasteiger partial charge is 0.290 e. The molecule has 0 aliphatic carbocycles. The highest BCUT2D eigenvalue weighted by atomic mass is 32.2. The summed E-state index contributed by atoms with van der Waals surface area (Å²) in [6, 6.07) is 19.6. The van der Waals surface area contributed by atoms with Crippen LogP contribution in [0.1, 0.15) is 12.5 Å². The fraction of sp³-hybridized carbons (Fsp3) is 0.118. The van der Waals surface area contributed by atoms with E-state index in [9.17, 15) is 4.79 Å². The molecule has 0 spiro atoms. The Morgan fingerprint density at radius 3 is 2.10 bits per heavy atom. The van der Waals surface area contributed by atoms with Crippen molar-refractivity contribution >= 4 is 27.6 Å². The van der Waals surface area contributed by atoms with Crippen molar-refractivity contribution < 1.29 is 4.79 Å². The lowest BCUT2D eigenvalue weighted by Crippen LogP contribution is -2.21. The lowest BCUT2D eigenvalue weighted by molar-refractivity contribution is 0.266. The number of amides is 1. The molecule has 0 N–H and O–H groups in total. The van der Waals surface area contributed by atoms with E-state index in [1.807, 2.05) is 73.7 Å². The summed E-state index contributed by atoms with van der Waals surface area (Å²) in [7, 11) is 1.79. The second kappa shape index (κ2) is 6.96. The average Bonchev–Trinajstić information content (AvgIpc) is 2.53. The number of hydrogen-bond donors (Lipinski definition) is 0. The Balaban J connectivity index is 2.11. The third-order valence-corrected chi connectivity index (χ3v) is 4.07. The van der Waals surface area contributed by atoms with Gasteiger partial charge in [-0.2, -0.15) is 0 Å². The maximum Gasteiger partial charge on any atom is 0.290 e. The van der Waals surface area contributed by atoms with Gasteiger partial charge in [-0.1, -0.05) is 54.6 Å². The SMILES string of the molecule is C/C=C(\SC(=O)N(C)c1ccccc1)c1ccccc1. The number of allylic oxidation sites excluding steroid dienone is 1. The largest absolute Gasteiger partial charge is 0.306 e. The summed E-state index contributed by atoms with van der Waals surface area (Å²) in [4.78, 5) is 15.0. The number of carbonyl (C=O) groups is 1. The Morgan fingerprint density at radius 1 is 1.00 bits per heavy atom. The van der Waals surface area contributed by atoms with Crippen LogP contribution in [0.25, 0.3) is 4.91 Å². The number of nitrogens with zero attached hydrogens (tertiary/aromatic N) is 1. The zero-order valence-corrected chi connectivity index (χ0v) is 12.4. The highest BCUT2D eigenvalue weighted by molar-refractivity contribution is 8.21. The molecule has 0 aliphatic heterocycles. The summed E-state index contributed by atoms with van der Waals surface area (Å²) < 4.78 is 0. The van der Waals surface area contributed by atoms with Gasteiger partial charge in [0.2, 0.25) is 0 Å². The lowest BCUT2D eigenvalue weighted by atomic mass is 10.2. The number of anilines is 1. The van der Waals surface area contributed by atoms with Crippen LogP contribution < -0.4 is 4.90 Å². The molecular weight excluding hydrogens is 266 g/mol. The standard InChI is InChI=1S/C17H17NOS/c1-3-16(14-10-6-4-7-11-14)20-17(19)18(2)15-12-8-5-9-13-15/h3-13H,1-2H3/b16-3-. The molecule has 0 fully saturated rings. The molecule has 102 valence electrons. The van der Waals surface area contributed by atoms with E-state index in [4.69, 9.17) is 0 Å². The van der Waals surface area contributed by atoms with Gasteiger partial charge in [-0.05, 0) is 36.4 Å². The fourth-order valence-electron chi connectivity index (χ4n) is 1.81. The van der Waals surface area contributed by atoms with E-state index in [1.54, 1.807) is 11.9 Å². The molecular formula is C17H17NOS. The summed E-state index contributed by atoms with van der Waals surface area (Å²) in [6.07, 6.45) is 1.97. The summed E-state index contributed by atoms with van der Waals surface area (Å²) in [5.41, 5.74) is 1.96. The Bertz CT molecular complexity index is 593. The van der Waals surface area contributed by atoms with E-state index in [1.165, 1.54) is 11.8 Å². The van der Waals surface area contributed by atoms with Crippen LogP contribution in [0, 0.1) is 0 Å². The summed E-state index contributed by atoms with van der Waals surface area (Å²) >= 11 is 1.25. The molecule has 0 aliphatic rings. The van der Waals surface area contributed by atoms with E-state index in [2.05, 4.69) is 0 Å². The van der Waals surface area contributed by atoms with Gasteiger partial charge in [-0.15, -0.1) is 0 Å². The molecule has 20 heavy (non-hydrogen) atoms. The maximum absolute atomic E-state index is 12.3. The predicted molar refractivity (Wildman–Crippen MR) is 87.9 cm³/mol. The second-order valence-electron chi connectivity index (χ2n) is 4.28. The van der Waals surface area contributed by atoms with Crippen LogP contribution in [0.3, 0.4) is 0 Å². The third-order valence-electron chi connectivity index (χ3n) is 2.94. The van der Waals surface area contributed by atoms with Crippen LogP contribution >= 0.6 is 11.8 Å². The number of carbonyl (C=O) groups excluding carboxylic acids is 1. The Hall–Kier alpha value is -2.00. The molecule has 3 heteroatoms. The van der Waals surface area contributed by atoms with Crippen LogP contribution in [-0.4, -0.2) is 12.3 Å². The van der Waals surface area contributed by atoms with E-state index in [-0.39, 0.29) is 5.24 Å². The molecule has 0 atom stereocenters. The van der Waals surface area contributed by atoms with Crippen molar-refractivity contribution in [2.45, 2.75) is 6.92 Å². The van der Waals surface area contributed by atoms with Gasteiger partial charge in [0.1, 0.15) is 0 Å². The van der Waals surface area contributed by atoms with Crippen LogP contribution in [0.4, 0.5) is 10.5 Å². The van der Waals surface area contributed by atoms with E-state index < -0.39 is 0 Å². The normalized spacial score (nSPS) is 11.2. The van der Waals surface area contributed by atoms with Gasteiger partial charge in [0.15, 0.2) is 0 Å². The highest BCUT2D eigenvalue weighted by Crippen LogP contribution is 2.30. The molecule has 0 unspecified atom stereocenters. The van der Waals surface area contributed by atoms with Crippen molar-refractivity contribution in [3.63, 3.8) is 0 Å². The lowest BCUT2D eigenvalue weighted by Gasteiger charge is -2.17. The van der Waals surface area contributed by atoms with Crippen molar-refractivity contribution in [2.24, 2.45) is 0 Å². The van der Waals surface area contributed by atoms with E-state index >= 15 is 0 Å². The van der Waals surface area contributed by atoms with Gasteiger partial charge in [0, 0.05) is 17.6 Å². The van der Waals surface area contributed by atoms with Crippen molar-refractivity contribution in [1.82, 2.24) is 0 Å². The molecule has 0 bridgehead atoms. The number of para-hydroxylation sites is 1. The van der Waals surface area contributed by atoms with Crippen molar-refractivity contribution in [3.05, 3.63) is 72.3 Å². The Morgan fingerprint density at radius 2 is 1.55 bits per heavy atom. The summed E-state index contributed by atoms with van der Waals surface area (Å²) in [5.74, 6) is 0. The zero-order chi connectivity index (χ0) is 14.4. The minimum atomic E-state index is 0.00755. The minimum Gasteiger partial charge on any atom is -0.306 e. The number of rotatable bonds is 3. The first-order valence-electron chi connectivity index (χ1n) is 6.44. The predicted octanol–water partition coefficient (Wildman–Crippen LogP) is 5.04. The molecule has 2 aromatic rings. The van der Waals surface area contributed by atoms with E-state index in [0.29, 0.717) is 0 Å². The van der Waals surface area contributed by atoms with Gasteiger partial charge < -0.3 is 4.90 Å². The minimum absolute atomic E-state index is 0.00755. The van der Waals surface area contributed by atoms with Crippen molar-refractivity contribution in [2.75, 3.05) is 11.9 Å². The first-order valence-corrected chi connectivity index (χ1v) is 7.26. The first kappa shape index (κ1) is 14.4. The molecule has 0 heterocycles. The van der Waals surface area contributed by atoms with Crippen LogP contribution in [0.15, 0.2) is 66.7 Å². The van der Waals surface area contributed by atoms with Gasteiger partial charge in [-0.3, -0.25) is 4.79 Å². The topological polar surface area (TPSA) is 20.3 Å². The summed E-state index contributed by atoms with van der Waals surface area (Å²) in [5, 5.41) is 0.00755. The number of thioether (sulfide) groups is 1. The quantitative estimate of drug-likeness (QED) is 0.786. The monoisotopic (exact) mass is 283 g/mol. The maximum atomic E-state index is 12.3. The zero-order valence-electron chi connectivity index (χ0n) is 11.6. The summed E-state index contributed by atoms with van der Waals surface area (Å²) in [6.45, 7) is 1.95. The first-order chi connectivity index (χ1) is 9.72. The van der Waals surface area contributed by atoms with Crippen molar-refractivity contribution in [1.29, 1.82) is 0 Å². The molecule has 0 aromatic heterocycles. The van der Waals surface area contributed by atoms with Crippen molar-refractivity contribution in [3.8, 4) is 0 Å². The molecule has 0 saturated heterocycles. The van der Waals surface area contributed by atoms with Crippen LogP contribution in [-0.2, 0) is 0 Å². The Kier molecular flexibility index (Phi) is 5.02. The van der Waals surface area contributed by atoms with Crippen LogP contribution in [0.5, 0.6) is 0 Å². The van der Waals surface area contributed by atoms with Gasteiger partial charge >= 0.3 is 0 Å². The van der Waals surface area contributed by atoms with Gasteiger partial charge in [0.25, 0.3) is 5.24 Å². The third kappa shape index (κ3) is 3.52. The highest BCUT2D eigenvalue weighted by Gasteiger charge is 2.14. The molecule has 2 nitrogen and oxygen atoms in total. The van der Waals surface area contributed by atoms with Crippen LogP contribution in [0.2, 0.25) is 0 Å². The molecule has 2 aromatic carbocycles. The van der Waals surface area contributed by atoms with Gasteiger partial charge in [0.05, 0.1) is 0 Å². The van der Waals surface area contributed by atoms with Gasteiger partial charge in [-0.25, -0.2) is 0 Å². The molecule has 1 amide bonds. The number of benzene rings is 2. The fourth-order valence-corrected chi connectivity index (χ4v) is 2.61. The molecule has 2 rings (SSSR count). The second-order valence-corrected chi connectivity index (χ2v) is 5.27. The number of hydrogen-bond acceptors (Lipinski definition) is 2. The van der Waals surface area contributed by atoms with E-state index in [0.717, 1.165) is 16.2 Å². The molecule has 0 radical (unpaired) electrons. The Labute approximate surface area is 124 Å². The molecule has 0 saturated carbocycles. The average molecular weight is 283 g/mol.